The molecular formula is C23H25N3O6. The molecule has 2 aromatic rings. The van der Waals surface area contributed by atoms with E-state index in [0.717, 1.165) is 4.90 Å². The van der Waals surface area contributed by atoms with Gasteiger partial charge < -0.3 is 20.4 Å². The molecule has 0 aromatic heterocycles. The summed E-state index contributed by atoms with van der Waals surface area (Å²) in [5.74, 6) is 3.51. The number of aliphatic hydroxyl groups is 2. The van der Waals surface area contributed by atoms with Gasteiger partial charge in [0.25, 0.3) is 17.7 Å². The number of likely N-dealkylation sites (N-methyl/N-ethyl adjacent to an activating group) is 2. The monoisotopic (exact) mass is 439 g/mol. The van der Waals surface area contributed by atoms with Gasteiger partial charge in [-0.1, -0.05) is 24.0 Å². The maximum absolute atomic E-state index is 12.8. The Morgan fingerprint density at radius 2 is 1.50 bits per heavy atom. The molecule has 0 saturated carbocycles. The Labute approximate surface area is 185 Å². The predicted molar refractivity (Wildman–Crippen MR) is 115 cm³/mol. The highest BCUT2D eigenvalue weighted by atomic mass is 16.5. The maximum atomic E-state index is 12.8. The first-order chi connectivity index (χ1) is 15.2. The first-order valence-electron chi connectivity index (χ1n) is 9.64. The number of amides is 3. The minimum absolute atomic E-state index is 0.223. The Bertz CT molecular complexity index is 1020. The molecule has 0 saturated heterocycles. The smallest absolute Gasteiger partial charge is 0.278 e. The van der Waals surface area contributed by atoms with Gasteiger partial charge in [-0.05, 0) is 48.9 Å². The summed E-state index contributed by atoms with van der Waals surface area (Å²) in [6, 6.07) is 13.1. The number of hydrogen-bond donors (Lipinski definition) is 5. The van der Waals surface area contributed by atoms with Gasteiger partial charge in [0, 0.05) is 30.8 Å². The van der Waals surface area contributed by atoms with Gasteiger partial charge >= 0.3 is 0 Å². The van der Waals surface area contributed by atoms with Crippen LogP contribution in [-0.4, -0.2) is 64.3 Å². The molecule has 168 valence electrons. The van der Waals surface area contributed by atoms with Crippen molar-refractivity contribution in [2.75, 3.05) is 20.7 Å². The summed E-state index contributed by atoms with van der Waals surface area (Å²) in [5.41, 5.74) is 1.61. The normalized spacial score (nSPS) is 13.1. The van der Waals surface area contributed by atoms with E-state index in [4.69, 9.17) is 10.3 Å². The van der Waals surface area contributed by atoms with Gasteiger partial charge in [0.05, 0.1) is 6.61 Å². The van der Waals surface area contributed by atoms with Crippen molar-refractivity contribution in [2.45, 2.75) is 18.6 Å². The third kappa shape index (κ3) is 5.12. The summed E-state index contributed by atoms with van der Waals surface area (Å²) in [4.78, 5) is 38.1. The Kier molecular flexibility index (Phi) is 8.09. The largest absolute Gasteiger partial charge is 0.393 e. The molecule has 0 bridgehead atoms. The number of nitrogens with zero attached hydrogens (tertiary/aromatic N) is 1. The number of carbonyl (C=O) groups excluding carboxylic acids is 3. The lowest BCUT2D eigenvalue weighted by Gasteiger charge is -2.34. The van der Waals surface area contributed by atoms with Crippen LogP contribution in [0.4, 0.5) is 0 Å². The van der Waals surface area contributed by atoms with Crippen molar-refractivity contribution >= 4 is 17.7 Å². The van der Waals surface area contributed by atoms with Gasteiger partial charge in [-0.15, -0.1) is 0 Å². The van der Waals surface area contributed by atoms with Crippen LogP contribution < -0.4 is 10.8 Å². The molecule has 0 radical (unpaired) electrons. The minimum Gasteiger partial charge on any atom is -0.393 e. The van der Waals surface area contributed by atoms with Crippen molar-refractivity contribution in [3.05, 3.63) is 70.8 Å². The van der Waals surface area contributed by atoms with E-state index in [2.05, 4.69) is 17.2 Å². The van der Waals surface area contributed by atoms with Gasteiger partial charge in [0.1, 0.15) is 6.10 Å². The molecule has 0 aliphatic carbocycles. The zero-order valence-electron chi connectivity index (χ0n) is 17.9. The Morgan fingerprint density at radius 3 is 1.94 bits per heavy atom. The van der Waals surface area contributed by atoms with Crippen LogP contribution in [0.2, 0.25) is 0 Å². The molecule has 0 unspecified atom stereocenters. The number of nitrogens with one attached hydrogen (secondary N) is 2. The summed E-state index contributed by atoms with van der Waals surface area (Å²) in [7, 11) is 2.61. The van der Waals surface area contributed by atoms with Crippen molar-refractivity contribution in [3.63, 3.8) is 0 Å². The number of rotatable bonds is 6. The van der Waals surface area contributed by atoms with E-state index in [9.17, 15) is 19.5 Å². The van der Waals surface area contributed by atoms with Crippen LogP contribution >= 0.6 is 0 Å². The summed E-state index contributed by atoms with van der Waals surface area (Å²) in [6.45, 7) is 0.859. The van der Waals surface area contributed by atoms with Crippen LogP contribution in [0.15, 0.2) is 48.5 Å². The number of aliphatic hydroxyl groups excluding tert-OH is 2. The van der Waals surface area contributed by atoms with Gasteiger partial charge in [-0.2, -0.15) is 0 Å². The lowest BCUT2D eigenvalue weighted by atomic mass is 9.96. The van der Waals surface area contributed by atoms with E-state index < -0.39 is 29.4 Å². The van der Waals surface area contributed by atoms with E-state index in [1.807, 2.05) is 0 Å². The highest BCUT2D eigenvalue weighted by Crippen LogP contribution is 2.18. The third-order valence-electron chi connectivity index (χ3n) is 5.14. The third-order valence-corrected chi connectivity index (χ3v) is 5.14. The van der Waals surface area contributed by atoms with Crippen LogP contribution in [0.25, 0.3) is 0 Å². The van der Waals surface area contributed by atoms with E-state index in [-0.39, 0.29) is 12.2 Å². The number of benzene rings is 2. The molecule has 0 fully saturated rings. The molecule has 5 N–H and O–H groups in total. The van der Waals surface area contributed by atoms with Crippen LogP contribution in [0.3, 0.4) is 0 Å². The summed E-state index contributed by atoms with van der Waals surface area (Å²) in [5, 5.41) is 29.9. The SMILES string of the molecule is CNC(=O)[C@](C)(C(=O)NO)N(C)C(=O)c1ccc(C#Cc2ccc([C@@H](O)CO)cc2)cc1. The molecular weight excluding hydrogens is 414 g/mol. The summed E-state index contributed by atoms with van der Waals surface area (Å²) >= 11 is 0. The molecule has 0 aliphatic heterocycles. The van der Waals surface area contributed by atoms with Gasteiger partial charge in [-0.3, -0.25) is 19.6 Å². The molecule has 9 heteroatoms. The molecule has 2 rings (SSSR count). The number of carbonyl (C=O) groups is 3. The lowest BCUT2D eigenvalue weighted by Crippen LogP contribution is -2.64. The van der Waals surface area contributed by atoms with E-state index in [1.54, 1.807) is 36.4 Å². The van der Waals surface area contributed by atoms with Crippen molar-refractivity contribution in [1.82, 2.24) is 15.7 Å². The summed E-state index contributed by atoms with van der Waals surface area (Å²) < 4.78 is 0. The quantitative estimate of drug-likeness (QED) is 0.189. The second kappa shape index (κ2) is 10.5. The van der Waals surface area contributed by atoms with Crippen LogP contribution in [0.1, 0.15) is 40.1 Å². The second-order valence-corrected chi connectivity index (χ2v) is 7.10. The predicted octanol–water partition coefficient (Wildman–Crippen LogP) is 0.194. The van der Waals surface area contributed by atoms with Crippen molar-refractivity contribution in [3.8, 4) is 11.8 Å². The van der Waals surface area contributed by atoms with E-state index in [1.165, 1.54) is 38.6 Å². The molecule has 0 spiro atoms. The Morgan fingerprint density at radius 1 is 1.00 bits per heavy atom. The maximum Gasteiger partial charge on any atom is 0.278 e. The standard InChI is InChI=1S/C23H25N3O6/c1-23(21(30)24-2,22(31)25-32)26(3)20(29)18-12-8-16(9-13-18)5-4-15-6-10-17(11-7-15)19(28)14-27/h6-13,19,27-28,32H,14H2,1-3H3,(H,24,30)(H,25,31)/t19-,23+/m0/s1. The Hall–Kier alpha value is -3.71. The average molecular weight is 439 g/mol. The first-order valence-corrected chi connectivity index (χ1v) is 9.64. The zero-order valence-corrected chi connectivity index (χ0v) is 17.9. The fourth-order valence-electron chi connectivity index (χ4n) is 2.89. The highest BCUT2D eigenvalue weighted by Gasteiger charge is 2.47. The minimum atomic E-state index is -1.96. The fraction of sp³-hybridized carbons (Fsp3) is 0.261. The van der Waals surface area contributed by atoms with Gasteiger partial charge in [0.15, 0.2) is 5.54 Å². The molecule has 2 atom stereocenters. The fourth-order valence-corrected chi connectivity index (χ4v) is 2.89. The van der Waals surface area contributed by atoms with Crippen molar-refractivity contribution in [2.24, 2.45) is 0 Å². The molecule has 9 nitrogen and oxygen atoms in total. The molecule has 0 heterocycles. The first kappa shape index (κ1) is 24.6. The topological polar surface area (TPSA) is 139 Å². The molecule has 0 aliphatic rings. The van der Waals surface area contributed by atoms with E-state index in [0.29, 0.717) is 16.7 Å². The molecule has 32 heavy (non-hydrogen) atoms. The van der Waals surface area contributed by atoms with Gasteiger partial charge in [-0.25, -0.2) is 5.48 Å². The highest BCUT2D eigenvalue weighted by molar-refractivity contribution is 6.12. The van der Waals surface area contributed by atoms with Crippen LogP contribution in [0, 0.1) is 11.8 Å². The zero-order chi connectivity index (χ0) is 23.9. The average Bonchev–Trinajstić information content (AvgIpc) is 2.85. The molecule has 2 aromatic carbocycles. The van der Waals surface area contributed by atoms with Crippen LogP contribution in [0.5, 0.6) is 0 Å². The number of hydroxylamine groups is 1. The van der Waals surface area contributed by atoms with E-state index >= 15 is 0 Å². The Balaban J connectivity index is 2.20. The second-order valence-electron chi connectivity index (χ2n) is 7.10. The van der Waals surface area contributed by atoms with Crippen molar-refractivity contribution in [1.29, 1.82) is 0 Å². The van der Waals surface area contributed by atoms with Crippen molar-refractivity contribution < 1.29 is 29.8 Å². The number of hydrogen-bond acceptors (Lipinski definition) is 6. The molecule has 3 amide bonds. The lowest BCUT2D eigenvalue weighted by molar-refractivity contribution is -0.148. The van der Waals surface area contributed by atoms with Gasteiger partial charge in [0.2, 0.25) is 0 Å². The van der Waals surface area contributed by atoms with Crippen LogP contribution in [-0.2, 0) is 9.59 Å². The summed E-state index contributed by atoms with van der Waals surface area (Å²) in [6.07, 6.45) is -0.936.